The number of nitrogen functional groups attached to an aromatic ring is 1. The van der Waals surface area contributed by atoms with Gasteiger partial charge in [0.1, 0.15) is 5.56 Å². The average Bonchev–Trinajstić information content (AvgIpc) is 3.19. The number of halogens is 1. The number of nitrogens with two attached hydrogens (primary N) is 1. The molecule has 1 aromatic carbocycles. The zero-order valence-electron chi connectivity index (χ0n) is 15.7. The average molecular weight is 386 g/mol. The van der Waals surface area contributed by atoms with Crippen LogP contribution in [-0.4, -0.2) is 38.2 Å². The molecule has 27 heavy (non-hydrogen) atoms. The summed E-state index contributed by atoms with van der Waals surface area (Å²) in [6, 6.07) is 8.24. The fraction of sp³-hybridized carbons (Fsp3) is 0.400. The monoisotopic (exact) mass is 385 g/mol. The third-order valence-corrected chi connectivity index (χ3v) is 5.66. The van der Waals surface area contributed by atoms with Gasteiger partial charge in [0.25, 0.3) is 5.91 Å². The predicted molar refractivity (Wildman–Crippen MR) is 108 cm³/mol. The Morgan fingerprint density at radius 3 is 2.89 bits per heavy atom. The minimum atomic E-state index is -0.0347. The molecule has 0 radical (unpaired) electrons. The van der Waals surface area contributed by atoms with Gasteiger partial charge in [0.2, 0.25) is 0 Å². The lowest BCUT2D eigenvalue weighted by molar-refractivity contribution is 0.0706. The van der Waals surface area contributed by atoms with Gasteiger partial charge in [-0.15, -0.1) is 0 Å². The normalized spacial score (nSPS) is 17.6. The van der Waals surface area contributed by atoms with Crippen molar-refractivity contribution in [2.24, 2.45) is 7.05 Å². The van der Waals surface area contributed by atoms with Crippen molar-refractivity contribution in [1.29, 1.82) is 0 Å². The third-order valence-electron chi connectivity index (χ3n) is 5.43. The maximum atomic E-state index is 13.0. The molecule has 1 atom stereocenters. The van der Waals surface area contributed by atoms with E-state index in [9.17, 15) is 4.79 Å². The molecule has 6 nitrogen and oxygen atoms in total. The smallest absolute Gasteiger partial charge is 0.259 e. The maximum absolute atomic E-state index is 13.0. The summed E-state index contributed by atoms with van der Waals surface area (Å²) in [6.07, 6.45) is 3.74. The molecule has 0 saturated carbocycles. The first kappa shape index (κ1) is 17.9. The molecule has 0 aliphatic carbocycles. The van der Waals surface area contributed by atoms with Crippen molar-refractivity contribution in [1.82, 2.24) is 19.2 Å². The fourth-order valence-electron chi connectivity index (χ4n) is 4.20. The molecule has 1 saturated heterocycles. The number of rotatable bonds is 3. The van der Waals surface area contributed by atoms with Crippen LogP contribution < -0.4 is 5.73 Å². The van der Waals surface area contributed by atoms with Crippen LogP contribution in [0.4, 0.5) is 5.82 Å². The van der Waals surface area contributed by atoms with Crippen molar-refractivity contribution < 1.29 is 4.79 Å². The van der Waals surface area contributed by atoms with Gasteiger partial charge in [-0.05, 0) is 44.0 Å². The Morgan fingerprint density at radius 2 is 2.19 bits per heavy atom. The highest BCUT2D eigenvalue weighted by Crippen LogP contribution is 2.33. The van der Waals surface area contributed by atoms with Crippen LogP contribution in [0.3, 0.4) is 0 Å². The summed E-state index contributed by atoms with van der Waals surface area (Å²) in [5.74, 6) is 0.557. The molecule has 142 valence electrons. The lowest BCUT2D eigenvalue weighted by Gasteiger charge is -2.33. The van der Waals surface area contributed by atoms with Gasteiger partial charge in [0.15, 0.2) is 5.82 Å². The van der Waals surface area contributed by atoms with Crippen LogP contribution in [0.25, 0.3) is 10.9 Å². The van der Waals surface area contributed by atoms with Gasteiger partial charge in [-0.3, -0.25) is 9.48 Å². The number of carbonyl (C=O) groups excluding carboxylic acids is 1. The first-order valence-corrected chi connectivity index (χ1v) is 9.72. The standard InChI is InChI=1S/C20H24ClN5O/c1-3-26-17-7-6-15(21)9-14(17)10-18(26)13-5-4-8-25(11-13)20(27)16-12-24(2)23-19(16)22/h6-7,9-10,12-13H,3-5,8,11H2,1-2H3,(H2,22,23). The molecule has 1 amide bonds. The van der Waals surface area contributed by atoms with E-state index in [4.69, 9.17) is 17.3 Å². The van der Waals surface area contributed by atoms with Crippen LogP contribution in [0.5, 0.6) is 0 Å². The number of benzene rings is 1. The number of carbonyl (C=O) groups is 1. The minimum absolute atomic E-state index is 0.0347. The van der Waals surface area contributed by atoms with E-state index in [0.29, 0.717) is 23.8 Å². The molecule has 3 heterocycles. The number of piperidine rings is 1. The number of hydrogen-bond acceptors (Lipinski definition) is 3. The van der Waals surface area contributed by atoms with E-state index in [0.717, 1.165) is 36.3 Å². The maximum Gasteiger partial charge on any atom is 0.259 e. The second-order valence-electron chi connectivity index (χ2n) is 7.21. The van der Waals surface area contributed by atoms with Crippen molar-refractivity contribution in [3.05, 3.63) is 46.7 Å². The minimum Gasteiger partial charge on any atom is -0.382 e. The van der Waals surface area contributed by atoms with Gasteiger partial charge in [0, 0.05) is 60.4 Å². The van der Waals surface area contributed by atoms with E-state index in [-0.39, 0.29) is 5.91 Å². The number of hydrogen-bond donors (Lipinski definition) is 1. The number of anilines is 1. The van der Waals surface area contributed by atoms with Crippen molar-refractivity contribution in [3.8, 4) is 0 Å². The van der Waals surface area contributed by atoms with E-state index in [1.807, 2.05) is 17.0 Å². The highest BCUT2D eigenvalue weighted by molar-refractivity contribution is 6.31. The van der Waals surface area contributed by atoms with Gasteiger partial charge in [-0.25, -0.2) is 0 Å². The molecule has 3 aromatic rings. The van der Waals surface area contributed by atoms with Crippen molar-refractivity contribution >= 4 is 34.2 Å². The van der Waals surface area contributed by atoms with Crippen LogP contribution in [0.1, 0.15) is 41.7 Å². The summed E-state index contributed by atoms with van der Waals surface area (Å²) < 4.78 is 3.92. The van der Waals surface area contributed by atoms with E-state index in [1.165, 1.54) is 11.2 Å². The second kappa shape index (κ2) is 6.93. The molecular formula is C20H24ClN5O. The predicted octanol–water partition coefficient (Wildman–Crippen LogP) is 3.65. The van der Waals surface area contributed by atoms with Gasteiger partial charge in [-0.1, -0.05) is 11.6 Å². The molecule has 1 fully saturated rings. The molecule has 0 spiro atoms. The van der Waals surface area contributed by atoms with E-state index in [1.54, 1.807) is 17.9 Å². The van der Waals surface area contributed by atoms with Gasteiger partial charge in [-0.2, -0.15) is 5.10 Å². The largest absolute Gasteiger partial charge is 0.382 e. The van der Waals surface area contributed by atoms with Crippen LogP contribution >= 0.6 is 11.6 Å². The SMILES string of the molecule is CCn1c(C2CCCN(C(=O)c3cn(C)nc3N)C2)cc2cc(Cl)ccc21. The Morgan fingerprint density at radius 1 is 1.37 bits per heavy atom. The number of nitrogens with zero attached hydrogens (tertiary/aromatic N) is 4. The molecule has 4 rings (SSSR count). The van der Waals surface area contributed by atoms with Crippen LogP contribution in [0.15, 0.2) is 30.5 Å². The zero-order valence-corrected chi connectivity index (χ0v) is 16.4. The molecule has 1 aliphatic heterocycles. The summed E-state index contributed by atoms with van der Waals surface area (Å²) in [4.78, 5) is 14.9. The van der Waals surface area contributed by atoms with Crippen LogP contribution in [-0.2, 0) is 13.6 Å². The molecule has 1 aliphatic rings. The van der Waals surface area contributed by atoms with Crippen LogP contribution in [0, 0.1) is 0 Å². The Hall–Kier alpha value is -2.47. The molecule has 1 unspecified atom stereocenters. The number of aryl methyl sites for hydroxylation is 2. The zero-order chi connectivity index (χ0) is 19.1. The van der Waals surface area contributed by atoms with Gasteiger partial charge >= 0.3 is 0 Å². The lowest BCUT2D eigenvalue weighted by Crippen LogP contribution is -2.39. The van der Waals surface area contributed by atoms with E-state index >= 15 is 0 Å². The quantitative estimate of drug-likeness (QED) is 0.748. The second-order valence-corrected chi connectivity index (χ2v) is 7.65. The number of likely N-dealkylation sites (tertiary alicyclic amines) is 1. The Kier molecular flexibility index (Phi) is 4.60. The summed E-state index contributed by atoms with van der Waals surface area (Å²) in [7, 11) is 1.77. The van der Waals surface area contributed by atoms with Crippen molar-refractivity contribution in [2.45, 2.75) is 32.2 Å². The van der Waals surface area contributed by atoms with Crippen molar-refractivity contribution in [2.75, 3.05) is 18.8 Å². The Bertz CT molecular complexity index is 1010. The molecule has 0 bridgehead atoms. The third kappa shape index (κ3) is 3.18. The first-order valence-electron chi connectivity index (χ1n) is 9.35. The lowest BCUT2D eigenvalue weighted by atomic mass is 9.94. The molecule has 2 aromatic heterocycles. The van der Waals surface area contributed by atoms with E-state index < -0.39 is 0 Å². The number of aromatic nitrogens is 3. The van der Waals surface area contributed by atoms with Gasteiger partial charge < -0.3 is 15.2 Å². The highest BCUT2D eigenvalue weighted by atomic mass is 35.5. The molecule has 7 heteroatoms. The molecule has 2 N–H and O–H groups in total. The Balaban J connectivity index is 1.64. The summed E-state index contributed by atoms with van der Waals surface area (Å²) in [6.45, 7) is 4.49. The molecular weight excluding hydrogens is 362 g/mol. The summed E-state index contributed by atoms with van der Waals surface area (Å²) in [5.41, 5.74) is 8.86. The summed E-state index contributed by atoms with van der Waals surface area (Å²) in [5, 5.41) is 6.00. The van der Waals surface area contributed by atoms with E-state index in [2.05, 4.69) is 28.7 Å². The van der Waals surface area contributed by atoms with Crippen LogP contribution in [0.2, 0.25) is 5.02 Å². The van der Waals surface area contributed by atoms with Gasteiger partial charge in [0.05, 0.1) is 0 Å². The Labute approximate surface area is 163 Å². The first-order chi connectivity index (χ1) is 13.0. The fourth-order valence-corrected chi connectivity index (χ4v) is 4.38. The van der Waals surface area contributed by atoms with Crippen molar-refractivity contribution in [3.63, 3.8) is 0 Å². The number of amides is 1. The number of fused-ring (bicyclic) bond motifs is 1. The topological polar surface area (TPSA) is 69.1 Å². The summed E-state index contributed by atoms with van der Waals surface area (Å²) >= 11 is 6.18. The highest BCUT2D eigenvalue weighted by Gasteiger charge is 2.29.